The van der Waals surface area contributed by atoms with Crippen molar-refractivity contribution in [3.63, 3.8) is 0 Å². The molecule has 3 heterocycles. The number of hydrogen-bond acceptors (Lipinski definition) is 4. The summed E-state index contributed by atoms with van der Waals surface area (Å²) >= 11 is 0. The van der Waals surface area contributed by atoms with Gasteiger partial charge in [-0.1, -0.05) is 0 Å². The average molecular weight is 319 g/mol. The van der Waals surface area contributed by atoms with Crippen molar-refractivity contribution in [2.75, 3.05) is 0 Å². The van der Waals surface area contributed by atoms with E-state index < -0.39 is 11.2 Å². The molecule has 124 valence electrons. The number of carbonyl (C=O) groups excluding carboxylic acids is 1. The van der Waals surface area contributed by atoms with Crippen LogP contribution in [0.2, 0.25) is 0 Å². The van der Waals surface area contributed by atoms with E-state index in [0.717, 1.165) is 12.8 Å². The van der Waals surface area contributed by atoms with Gasteiger partial charge in [0.05, 0.1) is 0 Å². The molecule has 8 nitrogen and oxygen atoms in total. The third-order valence-corrected chi connectivity index (χ3v) is 4.62. The van der Waals surface area contributed by atoms with Crippen LogP contribution in [0, 0.1) is 0 Å². The first-order valence-corrected chi connectivity index (χ1v) is 7.87. The molecule has 2 N–H and O–H groups in total. The van der Waals surface area contributed by atoms with E-state index in [4.69, 9.17) is 0 Å². The summed E-state index contributed by atoms with van der Waals surface area (Å²) in [6.45, 7) is 4.13. The predicted octanol–water partition coefficient (Wildman–Crippen LogP) is 0.282. The van der Waals surface area contributed by atoms with Gasteiger partial charge in [0.15, 0.2) is 5.65 Å². The van der Waals surface area contributed by atoms with Gasteiger partial charge in [0.25, 0.3) is 5.56 Å². The van der Waals surface area contributed by atoms with Crippen LogP contribution >= 0.6 is 0 Å². The molecule has 0 aromatic carbocycles. The van der Waals surface area contributed by atoms with Crippen molar-refractivity contribution >= 4 is 17.1 Å². The Bertz CT molecular complexity index is 852. The van der Waals surface area contributed by atoms with Crippen molar-refractivity contribution in [3.8, 4) is 0 Å². The van der Waals surface area contributed by atoms with Crippen LogP contribution in [0.5, 0.6) is 0 Å². The molecule has 2 unspecified atom stereocenters. The first-order chi connectivity index (χ1) is 10.9. The number of nitrogens with zero attached hydrogens (tertiary/aromatic N) is 3. The Morgan fingerprint density at radius 1 is 1.22 bits per heavy atom. The number of aryl methyl sites for hydroxylation is 2. The summed E-state index contributed by atoms with van der Waals surface area (Å²) in [5, 5.41) is 0. The Morgan fingerprint density at radius 2 is 1.87 bits per heavy atom. The van der Waals surface area contributed by atoms with E-state index in [9.17, 15) is 14.4 Å². The van der Waals surface area contributed by atoms with Crippen LogP contribution in [0.15, 0.2) is 9.59 Å². The van der Waals surface area contributed by atoms with Crippen molar-refractivity contribution in [1.82, 2.24) is 24.4 Å². The number of hydrogen-bond donors (Lipinski definition) is 2. The van der Waals surface area contributed by atoms with E-state index in [2.05, 4.69) is 28.8 Å². The fraction of sp³-hybridized carbons (Fsp3) is 0.600. The van der Waals surface area contributed by atoms with Crippen LogP contribution < -0.4 is 11.2 Å². The van der Waals surface area contributed by atoms with Gasteiger partial charge in [-0.05, 0) is 26.7 Å². The van der Waals surface area contributed by atoms with Gasteiger partial charge in [0.2, 0.25) is 5.91 Å². The lowest BCUT2D eigenvalue weighted by Crippen LogP contribution is -2.38. The summed E-state index contributed by atoms with van der Waals surface area (Å²) in [7, 11) is 1.55. The molecule has 0 bridgehead atoms. The molecule has 1 amide bonds. The Labute approximate surface area is 132 Å². The fourth-order valence-electron chi connectivity index (χ4n) is 3.31. The van der Waals surface area contributed by atoms with E-state index in [1.807, 2.05) is 4.90 Å². The fourth-order valence-corrected chi connectivity index (χ4v) is 3.31. The van der Waals surface area contributed by atoms with E-state index in [-0.39, 0.29) is 23.5 Å². The van der Waals surface area contributed by atoms with Crippen molar-refractivity contribution in [2.24, 2.45) is 7.05 Å². The lowest BCUT2D eigenvalue weighted by Gasteiger charge is -2.26. The highest BCUT2D eigenvalue weighted by Gasteiger charge is 2.30. The quantitative estimate of drug-likeness (QED) is 0.848. The summed E-state index contributed by atoms with van der Waals surface area (Å²) in [5.41, 5.74) is -0.423. The zero-order valence-electron chi connectivity index (χ0n) is 13.5. The maximum Gasteiger partial charge on any atom is 0.329 e. The molecule has 1 aliphatic heterocycles. The average Bonchev–Trinajstić information content (AvgIpc) is 3.07. The molecule has 3 rings (SSSR count). The lowest BCUT2D eigenvalue weighted by atomic mass is 10.2. The molecule has 1 aliphatic rings. The highest BCUT2D eigenvalue weighted by atomic mass is 16.2. The topological polar surface area (TPSA) is 104 Å². The molecule has 0 aliphatic carbocycles. The van der Waals surface area contributed by atoms with Gasteiger partial charge in [-0.2, -0.15) is 0 Å². The van der Waals surface area contributed by atoms with Crippen molar-refractivity contribution in [2.45, 2.75) is 51.6 Å². The SMILES string of the molecule is CC1CCC(C)N1C(=O)CCc1nc2c([nH]1)c(=O)[nH]c(=O)n2C. The van der Waals surface area contributed by atoms with Crippen LogP contribution in [0.3, 0.4) is 0 Å². The molecule has 2 aromatic rings. The normalized spacial score (nSPS) is 21.3. The largest absolute Gasteiger partial charge is 0.337 e. The maximum absolute atomic E-state index is 12.4. The molecule has 8 heteroatoms. The minimum absolute atomic E-state index is 0.103. The third kappa shape index (κ3) is 2.69. The first kappa shape index (κ1) is 15.5. The second-order valence-corrected chi connectivity index (χ2v) is 6.28. The van der Waals surface area contributed by atoms with Gasteiger partial charge in [-0.25, -0.2) is 9.78 Å². The number of aromatic nitrogens is 4. The number of likely N-dealkylation sites (tertiary alicyclic amines) is 1. The Hall–Kier alpha value is -2.38. The van der Waals surface area contributed by atoms with Crippen LogP contribution in [0.25, 0.3) is 11.2 Å². The highest BCUT2D eigenvalue weighted by Crippen LogP contribution is 2.24. The van der Waals surface area contributed by atoms with Crippen LogP contribution in [0.1, 0.15) is 38.9 Å². The molecular weight excluding hydrogens is 298 g/mol. The van der Waals surface area contributed by atoms with Gasteiger partial charge in [-0.3, -0.25) is 19.1 Å². The number of rotatable bonds is 3. The van der Waals surface area contributed by atoms with E-state index >= 15 is 0 Å². The summed E-state index contributed by atoms with van der Waals surface area (Å²) in [6.07, 6.45) is 2.82. The summed E-state index contributed by atoms with van der Waals surface area (Å²) in [6, 6.07) is 0.550. The highest BCUT2D eigenvalue weighted by molar-refractivity contribution is 5.77. The molecule has 0 radical (unpaired) electrons. The van der Waals surface area contributed by atoms with Crippen LogP contribution in [0.4, 0.5) is 0 Å². The maximum atomic E-state index is 12.4. The number of fused-ring (bicyclic) bond motifs is 1. The predicted molar refractivity (Wildman–Crippen MR) is 85.3 cm³/mol. The van der Waals surface area contributed by atoms with Gasteiger partial charge < -0.3 is 9.88 Å². The Morgan fingerprint density at radius 3 is 2.52 bits per heavy atom. The zero-order valence-corrected chi connectivity index (χ0v) is 13.5. The van der Waals surface area contributed by atoms with Crippen molar-refractivity contribution < 1.29 is 4.79 Å². The van der Waals surface area contributed by atoms with E-state index in [1.54, 1.807) is 7.05 Å². The van der Waals surface area contributed by atoms with E-state index in [0.29, 0.717) is 24.3 Å². The zero-order chi connectivity index (χ0) is 16.7. The Balaban J connectivity index is 1.79. The van der Waals surface area contributed by atoms with Gasteiger partial charge in [0, 0.05) is 32.0 Å². The van der Waals surface area contributed by atoms with Gasteiger partial charge in [0.1, 0.15) is 11.3 Å². The van der Waals surface area contributed by atoms with Gasteiger partial charge >= 0.3 is 5.69 Å². The third-order valence-electron chi connectivity index (χ3n) is 4.62. The molecule has 2 atom stereocenters. The molecule has 2 aromatic heterocycles. The van der Waals surface area contributed by atoms with E-state index in [1.165, 1.54) is 4.57 Å². The number of H-pyrrole nitrogens is 2. The minimum Gasteiger partial charge on any atom is -0.337 e. The van der Waals surface area contributed by atoms with Crippen molar-refractivity contribution in [3.05, 3.63) is 26.7 Å². The Kier molecular flexibility index (Phi) is 3.83. The molecule has 0 spiro atoms. The number of carbonyl (C=O) groups is 1. The smallest absolute Gasteiger partial charge is 0.329 e. The van der Waals surface area contributed by atoms with Crippen LogP contribution in [-0.2, 0) is 18.3 Å². The van der Waals surface area contributed by atoms with Crippen molar-refractivity contribution in [1.29, 1.82) is 0 Å². The summed E-state index contributed by atoms with van der Waals surface area (Å²) < 4.78 is 1.28. The number of amides is 1. The monoisotopic (exact) mass is 319 g/mol. The minimum atomic E-state index is -0.503. The number of imidazole rings is 1. The lowest BCUT2D eigenvalue weighted by molar-refractivity contribution is -0.133. The summed E-state index contributed by atoms with van der Waals surface area (Å²) in [4.78, 5) is 47.1. The molecule has 23 heavy (non-hydrogen) atoms. The summed E-state index contributed by atoms with van der Waals surface area (Å²) in [5.74, 6) is 0.644. The van der Waals surface area contributed by atoms with Gasteiger partial charge in [-0.15, -0.1) is 0 Å². The second kappa shape index (κ2) is 5.68. The molecule has 1 fully saturated rings. The molecular formula is C15H21N5O3. The first-order valence-electron chi connectivity index (χ1n) is 7.87. The second-order valence-electron chi connectivity index (χ2n) is 6.28. The molecule has 0 saturated carbocycles. The van der Waals surface area contributed by atoms with Crippen LogP contribution in [-0.4, -0.2) is 42.4 Å². The number of aromatic amines is 2. The standard InChI is InChI=1S/C15H21N5O3/c1-8-4-5-9(2)20(8)11(21)7-6-10-16-12-13(17-10)19(3)15(23)18-14(12)22/h8-9H,4-7H2,1-3H3,(H,16,17)(H,18,22,23). The number of nitrogens with one attached hydrogen (secondary N) is 2. The molecule has 1 saturated heterocycles.